The Labute approximate surface area is 164 Å². The van der Waals surface area contributed by atoms with Gasteiger partial charge in [-0.3, -0.25) is 0 Å². The van der Waals surface area contributed by atoms with Crippen LogP contribution in [0, 0.1) is 12.3 Å². The van der Waals surface area contributed by atoms with Crippen LogP contribution < -0.4 is 4.74 Å². The zero-order valence-corrected chi connectivity index (χ0v) is 15.5. The molecule has 5 atom stereocenters. The fraction of sp³-hybridized carbons (Fsp3) is 0.364. The lowest BCUT2D eigenvalue weighted by atomic mass is 9.89. The fourth-order valence-corrected chi connectivity index (χ4v) is 3.43. The zero-order chi connectivity index (χ0) is 20.3. The van der Waals surface area contributed by atoms with Gasteiger partial charge in [-0.1, -0.05) is 24.1 Å². The van der Waals surface area contributed by atoms with Crippen molar-refractivity contribution in [1.29, 1.82) is 0 Å². The number of ether oxygens (including phenoxy) is 2. The molecule has 0 spiro atoms. The number of hydrogen-bond donors (Lipinski definition) is 4. The average Bonchev–Trinajstić information content (AvgIpc) is 2.73. The molecule has 1 unspecified atom stereocenters. The second-order valence-electron chi connectivity index (χ2n) is 6.84. The van der Waals surface area contributed by atoms with E-state index in [-0.39, 0.29) is 0 Å². The van der Waals surface area contributed by atoms with E-state index in [1.807, 2.05) is 36.4 Å². The molecule has 4 N–H and O–H groups in total. The van der Waals surface area contributed by atoms with Crippen LogP contribution in [0.1, 0.15) is 28.4 Å². The number of benzene rings is 2. The number of aliphatic hydroxyl groups excluding tert-OH is 4. The molecule has 3 rings (SSSR count). The van der Waals surface area contributed by atoms with Gasteiger partial charge in [0.05, 0.1) is 13.7 Å². The molecule has 0 saturated carbocycles. The highest BCUT2D eigenvalue weighted by Gasteiger charge is 2.44. The summed E-state index contributed by atoms with van der Waals surface area (Å²) in [5.74, 6) is 3.06. The largest absolute Gasteiger partial charge is 0.496 e. The zero-order valence-electron chi connectivity index (χ0n) is 15.5. The highest BCUT2D eigenvalue weighted by Crippen LogP contribution is 2.37. The van der Waals surface area contributed by atoms with Gasteiger partial charge in [-0.2, -0.15) is 0 Å². The summed E-state index contributed by atoms with van der Waals surface area (Å²) >= 11 is 0. The number of hydrogen-bond acceptors (Lipinski definition) is 6. The molecule has 1 heterocycles. The van der Waals surface area contributed by atoms with E-state index in [1.54, 1.807) is 6.07 Å². The Morgan fingerprint density at radius 3 is 2.29 bits per heavy atom. The summed E-state index contributed by atoms with van der Waals surface area (Å²) in [4.78, 5) is 0. The maximum atomic E-state index is 10.4. The van der Waals surface area contributed by atoms with Crippen LogP contribution in [0.15, 0.2) is 42.5 Å². The molecule has 6 nitrogen and oxygen atoms in total. The van der Waals surface area contributed by atoms with Crippen molar-refractivity contribution in [2.75, 3.05) is 13.7 Å². The third-order valence-electron chi connectivity index (χ3n) is 5.02. The summed E-state index contributed by atoms with van der Waals surface area (Å²) in [6, 6.07) is 13.2. The quantitative estimate of drug-likeness (QED) is 0.569. The van der Waals surface area contributed by atoms with Crippen LogP contribution in [-0.2, 0) is 11.2 Å². The van der Waals surface area contributed by atoms with Gasteiger partial charge in [-0.15, -0.1) is 6.42 Å². The first kappa shape index (κ1) is 20.3. The van der Waals surface area contributed by atoms with Crippen molar-refractivity contribution < 1.29 is 29.9 Å². The smallest absolute Gasteiger partial charge is 0.124 e. The standard InChI is InChI=1S/C22H24O6/c1-3-13-4-6-14(7-5-13)10-15-8-9-17(27-2)16(11-15)22-21(26)20(25)19(24)18(12-23)28-22/h1,4-9,11,18-26H,10,12H2,2H3/t18-,19-,20+,21?,22+/m1/s1. The van der Waals surface area contributed by atoms with Crippen LogP contribution in [0.3, 0.4) is 0 Å². The van der Waals surface area contributed by atoms with Crippen LogP contribution in [0.25, 0.3) is 0 Å². The summed E-state index contributed by atoms with van der Waals surface area (Å²) in [5.41, 5.74) is 3.35. The molecule has 1 fully saturated rings. The van der Waals surface area contributed by atoms with Crippen LogP contribution in [0.2, 0.25) is 0 Å². The van der Waals surface area contributed by atoms with Gasteiger partial charge in [0.2, 0.25) is 0 Å². The number of aliphatic hydroxyl groups is 4. The second kappa shape index (κ2) is 8.74. The monoisotopic (exact) mass is 384 g/mol. The molecule has 0 radical (unpaired) electrons. The average molecular weight is 384 g/mol. The van der Waals surface area contributed by atoms with Crippen LogP contribution in [0.4, 0.5) is 0 Å². The number of methoxy groups -OCH3 is 1. The molecule has 1 saturated heterocycles. The van der Waals surface area contributed by atoms with Gasteiger partial charge in [0.1, 0.15) is 36.3 Å². The Kier molecular flexibility index (Phi) is 6.35. The van der Waals surface area contributed by atoms with Gasteiger partial charge in [-0.25, -0.2) is 0 Å². The Morgan fingerprint density at radius 2 is 1.68 bits per heavy atom. The van der Waals surface area contributed by atoms with Crippen LogP contribution in [-0.4, -0.2) is 58.6 Å². The maximum Gasteiger partial charge on any atom is 0.124 e. The summed E-state index contributed by atoms with van der Waals surface area (Å²) in [5, 5.41) is 40.0. The van der Waals surface area contributed by atoms with Gasteiger partial charge in [0.25, 0.3) is 0 Å². The van der Waals surface area contributed by atoms with Gasteiger partial charge < -0.3 is 29.9 Å². The molecular weight excluding hydrogens is 360 g/mol. The molecule has 148 valence electrons. The topological polar surface area (TPSA) is 99.4 Å². The highest BCUT2D eigenvalue weighted by atomic mass is 16.5. The van der Waals surface area contributed by atoms with E-state index in [4.69, 9.17) is 15.9 Å². The highest BCUT2D eigenvalue weighted by molar-refractivity contribution is 5.42. The lowest BCUT2D eigenvalue weighted by Crippen LogP contribution is -2.55. The minimum Gasteiger partial charge on any atom is -0.496 e. The van der Waals surface area contributed by atoms with Crippen molar-refractivity contribution >= 4 is 0 Å². The van der Waals surface area contributed by atoms with Crippen LogP contribution >= 0.6 is 0 Å². The van der Waals surface area contributed by atoms with Gasteiger partial charge in [0, 0.05) is 11.1 Å². The normalized spacial score (nSPS) is 27.2. The Morgan fingerprint density at radius 1 is 1.00 bits per heavy atom. The SMILES string of the molecule is C#Cc1ccc(Cc2ccc(OC)c([C@@H]3O[C@H](CO)[C@@H](O)[C@H](O)C3O)c2)cc1. The fourth-order valence-electron chi connectivity index (χ4n) is 3.43. The first-order valence-corrected chi connectivity index (χ1v) is 9.01. The summed E-state index contributed by atoms with van der Waals surface area (Å²) in [7, 11) is 1.50. The van der Waals surface area contributed by atoms with Crippen molar-refractivity contribution in [2.45, 2.75) is 36.9 Å². The van der Waals surface area contributed by atoms with Crippen molar-refractivity contribution in [3.63, 3.8) is 0 Å². The molecule has 2 aromatic rings. The van der Waals surface area contributed by atoms with Crippen molar-refractivity contribution in [3.05, 3.63) is 64.7 Å². The van der Waals surface area contributed by atoms with E-state index in [9.17, 15) is 20.4 Å². The minimum absolute atomic E-state index is 0.481. The van der Waals surface area contributed by atoms with E-state index >= 15 is 0 Å². The lowest BCUT2D eigenvalue weighted by molar-refractivity contribution is -0.232. The maximum absolute atomic E-state index is 10.4. The molecule has 1 aliphatic heterocycles. The Balaban J connectivity index is 1.91. The molecular formula is C22H24O6. The molecule has 6 heteroatoms. The molecule has 0 bridgehead atoms. The Bertz CT molecular complexity index is 839. The van der Waals surface area contributed by atoms with E-state index < -0.39 is 37.1 Å². The molecule has 0 aromatic heterocycles. The molecule has 1 aliphatic rings. The van der Waals surface area contributed by atoms with E-state index in [0.717, 1.165) is 16.7 Å². The number of rotatable bonds is 5. The van der Waals surface area contributed by atoms with Gasteiger partial charge >= 0.3 is 0 Å². The molecule has 28 heavy (non-hydrogen) atoms. The molecule has 0 amide bonds. The van der Waals surface area contributed by atoms with Crippen molar-refractivity contribution in [3.8, 4) is 18.1 Å². The van der Waals surface area contributed by atoms with E-state index in [2.05, 4.69) is 5.92 Å². The van der Waals surface area contributed by atoms with E-state index in [0.29, 0.717) is 17.7 Å². The van der Waals surface area contributed by atoms with E-state index in [1.165, 1.54) is 7.11 Å². The first-order chi connectivity index (χ1) is 13.5. The third kappa shape index (κ3) is 4.04. The predicted molar refractivity (Wildman–Crippen MR) is 103 cm³/mol. The summed E-state index contributed by atoms with van der Waals surface area (Å²) in [6.45, 7) is -0.481. The third-order valence-corrected chi connectivity index (χ3v) is 5.02. The van der Waals surface area contributed by atoms with Gasteiger partial charge in [-0.05, 0) is 41.8 Å². The number of terminal acetylenes is 1. The Hall–Kier alpha value is -2.40. The minimum atomic E-state index is -1.44. The van der Waals surface area contributed by atoms with Crippen LogP contribution in [0.5, 0.6) is 5.75 Å². The molecule has 2 aromatic carbocycles. The van der Waals surface area contributed by atoms with Crippen molar-refractivity contribution in [2.24, 2.45) is 0 Å². The summed E-state index contributed by atoms with van der Waals surface area (Å²) < 4.78 is 11.1. The van der Waals surface area contributed by atoms with Crippen molar-refractivity contribution in [1.82, 2.24) is 0 Å². The van der Waals surface area contributed by atoms with Gasteiger partial charge in [0.15, 0.2) is 0 Å². The lowest BCUT2D eigenvalue weighted by Gasteiger charge is -2.40. The first-order valence-electron chi connectivity index (χ1n) is 9.01. The predicted octanol–water partition coefficient (Wildman–Crippen LogP) is 0.782. The second-order valence-corrected chi connectivity index (χ2v) is 6.84. The molecule has 0 aliphatic carbocycles. The summed E-state index contributed by atoms with van der Waals surface area (Å²) in [6.07, 6.45) is -0.129.